The third-order valence-corrected chi connectivity index (χ3v) is 7.20. The summed E-state index contributed by atoms with van der Waals surface area (Å²) in [5.41, 5.74) is 2.14. The molecule has 2 aromatic heterocycles. The highest BCUT2D eigenvalue weighted by molar-refractivity contribution is 7.99. The number of hydrogen-bond donors (Lipinski definition) is 1. The Morgan fingerprint density at radius 3 is 2.67 bits per heavy atom. The van der Waals surface area contributed by atoms with Gasteiger partial charge in [0.1, 0.15) is 5.00 Å². The number of ether oxygens (including phenoxy) is 3. The molecule has 1 N–H and O–H groups in total. The van der Waals surface area contributed by atoms with Gasteiger partial charge in [0.15, 0.2) is 11.5 Å². The first-order valence-corrected chi connectivity index (χ1v) is 12.1. The van der Waals surface area contributed by atoms with E-state index in [1.54, 1.807) is 32.4 Å². The van der Waals surface area contributed by atoms with Crippen molar-refractivity contribution < 1.29 is 28.2 Å². The van der Waals surface area contributed by atoms with Gasteiger partial charge < -0.3 is 23.9 Å². The number of rotatable bonds is 8. The number of methoxy groups -OCH3 is 3. The first-order valence-electron chi connectivity index (χ1n) is 10.3. The molecule has 0 spiro atoms. The number of aryl methyl sites for hydroxylation is 1. The maximum absolute atomic E-state index is 12.6. The van der Waals surface area contributed by atoms with Crippen LogP contribution < -0.4 is 14.8 Å². The molecule has 0 bridgehead atoms. The molecule has 1 aliphatic carbocycles. The van der Waals surface area contributed by atoms with Gasteiger partial charge in [0.25, 0.3) is 5.22 Å². The zero-order valence-electron chi connectivity index (χ0n) is 18.4. The van der Waals surface area contributed by atoms with Gasteiger partial charge in [0, 0.05) is 10.4 Å². The molecule has 4 rings (SSSR count). The zero-order valence-corrected chi connectivity index (χ0v) is 20.1. The molecule has 0 saturated carbocycles. The summed E-state index contributed by atoms with van der Waals surface area (Å²) in [4.78, 5) is 26.1. The second-order valence-electron chi connectivity index (χ2n) is 7.19. The van der Waals surface area contributed by atoms with E-state index >= 15 is 0 Å². The Morgan fingerprint density at radius 2 is 1.91 bits per heavy atom. The van der Waals surface area contributed by atoms with Gasteiger partial charge in [-0.3, -0.25) is 4.79 Å². The fourth-order valence-corrected chi connectivity index (χ4v) is 5.47. The Balaban J connectivity index is 1.42. The standard InChI is InChI=1S/C22H23N3O6S2/c1-28-14-9-8-12(10-15(14)29-2)19-24-25-22(31-19)32-11-17(26)23-20-18(21(27)30-3)13-6-4-5-7-16(13)33-20/h8-10H,4-7,11H2,1-3H3,(H,23,26). The van der Waals surface area contributed by atoms with Crippen molar-refractivity contribution >= 4 is 40.0 Å². The molecule has 9 nitrogen and oxygen atoms in total. The van der Waals surface area contributed by atoms with Gasteiger partial charge in [0.05, 0.1) is 32.6 Å². The van der Waals surface area contributed by atoms with Gasteiger partial charge in [-0.25, -0.2) is 4.79 Å². The number of amides is 1. The van der Waals surface area contributed by atoms with E-state index in [0.717, 1.165) is 47.9 Å². The molecule has 0 unspecified atom stereocenters. The SMILES string of the molecule is COC(=O)c1c(NC(=O)CSc2nnc(-c3ccc(OC)c(OC)c3)o2)sc2c1CCCC2. The van der Waals surface area contributed by atoms with Crippen LogP contribution in [-0.2, 0) is 22.4 Å². The van der Waals surface area contributed by atoms with E-state index in [4.69, 9.17) is 18.6 Å². The Hall–Kier alpha value is -3.05. The lowest BCUT2D eigenvalue weighted by atomic mass is 9.95. The van der Waals surface area contributed by atoms with Crippen molar-refractivity contribution in [1.82, 2.24) is 10.2 Å². The van der Waals surface area contributed by atoms with Crippen LogP contribution in [0.25, 0.3) is 11.5 Å². The number of carbonyl (C=O) groups excluding carboxylic acids is 2. The Kier molecular flexibility index (Phi) is 7.19. The second kappa shape index (κ2) is 10.3. The third-order valence-electron chi connectivity index (χ3n) is 5.18. The maximum atomic E-state index is 12.6. The van der Waals surface area contributed by atoms with Gasteiger partial charge in [-0.15, -0.1) is 21.5 Å². The molecular weight excluding hydrogens is 466 g/mol. The van der Waals surface area contributed by atoms with E-state index < -0.39 is 5.97 Å². The molecule has 0 fully saturated rings. The zero-order chi connectivity index (χ0) is 23.4. The van der Waals surface area contributed by atoms with Crippen molar-refractivity contribution in [2.75, 3.05) is 32.4 Å². The van der Waals surface area contributed by atoms with Crippen molar-refractivity contribution in [2.45, 2.75) is 30.9 Å². The Labute approximate surface area is 198 Å². The smallest absolute Gasteiger partial charge is 0.341 e. The molecule has 0 atom stereocenters. The monoisotopic (exact) mass is 489 g/mol. The summed E-state index contributed by atoms with van der Waals surface area (Å²) in [7, 11) is 4.46. The summed E-state index contributed by atoms with van der Waals surface area (Å²) in [6.07, 6.45) is 3.84. The van der Waals surface area contributed by atoms with E-state index in [0.29, 0.717) is 33.5 Å². The van der Waals surface area contributed by atoms with Crippen LogP contribution in [0.15, 0.2) is 27.8 Å². The van der Waals surface area contributed by atoms with Crippen LogP contribution in [0.1, 0.15) is 33.6 Å². The van der Waals surface area contributed by atoms with Crippen LogP contribution in [0.3, 0.4) is 0 Å². The van der Waals surface area contributed by atoms with Crippen molar-refractivity contribution in [3.05, 3.63) is 34.2 Å². The summed E-state index contributed by atoms with van der Waals surface area (Å²) in [5, 5.41) is 11.7. The minimum atomic E-state index is -0.422. The molecule has 0 saturated heterocycles. The van der Waals surface area contributed by atoms with Crippen LogP contribution in [0, 0.1) is 0 Å². The number of aromatic nitrogens is 2. The summed E-state index contributed by atoms with van der Waals surface area (Å²) in [6, 6.07) is 5.27. The highest BCUT2D eigenvalue weighted by Gasteiger charge is 2.27. The number of carbonyl (C=O) groups is 2. The van der Waals surface area contributed by atoms with E-state index in [2.05, 4.69) is 15.5 Å². The average Bonchev–Trinajstić information content (AvgIpc) is 3.46. The van der Waals surface area contributed by atoms with E-state index in [1.807, 2.05) is 0 Å². The molecule has 1 aliphatic rings. The molecule has 33 heavy (non-hydrogen) atoms. The highest BCUT2D eigenvalue weighted by Crippen LogP contribution is 2.39. The molecule has 174 valence electrons. The molecule has 0 radical (unpaired) electrons. The fourth-order valence-electron chi connectivity index (χ4n) is 3.62. The first-order chi connectivity index (χ1) is 16.0. The lowest BCUT2D eigenvalue weighted by Crippen LogP contribution is -2.16. The number of esters is 1. The van der Waals surface area contributed by atoms with Gasteiger partial charge in [-0.2, -0.15) is 0 Å². The molecule has 0 aliphatic heterocycles. The van der Waals surface area contributed by atoms with Crippen LogP contribution in [0.4, 0.5) is 5.00 Å². The fraction of sp³-hybridized carbons (Fsp3) is 0.364. The number of fused-ring (bicyclic) bond motifs is 1. The van der Waals surface area contributed by atoms with Crippen LogP contribution in [0.2, 0.25) is 0 Å². The Morgan fingerprint density at radius 1 is 1.12 bits per heavy atom. The average molecular weight is 490 g/mol. The number of benzene rings is 1. The summed E-state index contributed by atoms with van der Waals surface area (Å²) in [5.74, 6) is 0.799. The lowest BCUT2D eigenvalue weighted by molar-refractivity contribution is -0.113. The largest absolute Gasteiger partial charge is 0.493 e. The number of nitrogens with zero attached hydrogens (tertiary/aromatic N) is 2. The number of anilines is 1. The molecule has 11 heteroatoms. The minimum Gasteiger partial charge on any atom is -0.493 e. The predicted molar refractivity (Wildman–Crippen MR) is 124 cm³/mol. The molecule has 2 heterocycles. The topological polar surface area (TPSA) is 113 Å². The van der Waals surface area contributed by atoms with Crippen LogP contribution >= 0.6 is 23.1 Å². The van der Waals surface area contributed by atoms with E-state index in [9.17, 15) is 9.59 Å². The maximum Gasteiger partial charge on any atom is 0.341 e. The van der Waals surface area contributed by atoms with Crippen LogP contribution in [-0.4, -0.2) is 49.2 Å². The van der Waals surface area contributed by atoms with Crippen LogP contribution in [0.5, 0.6) is 11.5 Å². The summed E-state index contributed by atoms with van der Waals surface area (Å²) >= 11 is 2.56. The van der Waals surface area contributed by atoms with Gasteiger partial charge in [0.2, 0.25) is 11.8 Å². The van der Waals surface area contributed by atoms with E-state index in [1.165, 1.54) is 18.4 Å². The summed E-state index contributed by atoms with van der Waals surface area (Å²) < 4.78 is 21.2. The minimum absolute atomic E-state index is 0.0523. The van der Waals surface area contributed by atoms with Crippen molar-refractivity contribution in [3.63, 3.8) is 0 Å². The van der Waals surface area contributed by atoms with Gasteiger partial charge in [-0.05, 0) is 49.4 Å². The first kappa shape index (κ1) is 23.1. The van der Waals surface area contributed by atoms with Gasteiger partial charge >= 0.3 is 5.97 Å². The molecular formula is C22H23N3O6S2. The van der Waals surface area contributed by atoms with Crippen molar-refractivity contribution in [2.24, 2.45) is 0 Å². The predicted octanol–water partition coefficient (Wildman–Crippen LogP) is 4.21. The molecule has 1 aromatic carbocycles. The quantitative estimate of drug-likeness (QED) is 0.367. The number of nitrogens with one attached hydrogen (secondary N) is 1. The summed E-state index contributed by atoms with van der Waals surface area (Å²) in [6.45, 7) is 0. The van der Waals surface area contributed by atoms with Gasteiger partial charge in [-0.1, -0.05) is 11.8 Å². The number of thioether (sulfide) groups is 1. The second-order valence-corrected chi connectivity index (χ2v) is 9.22. The number of hydrogen-bond acceptors (Lipinski definition) is 10. The highest BCUT2D eigenvalue weighted by atomic mass is 32.2. The Bertz CT molecular complexity index is 1170. The molecule has 1 amide bonds. The molecule has 3 aromatic rings. The lowest BCUT2D eigenvalue weighted by Gasteiger charge is -2.11. The number of thiophene rings is 1. The van der Waals surface area contributed by atoms with Crippen molar-refractivity contribution in [1.29, 1.82) is 0 Å². The van der Waals surface area contributed by atoms with Crippen molar-refractivity contribution in [3.8, 4) is 23.0 Å². The van der Waals surface area contributed by atoms with E-state index in [-0.39, 0.29) is 16.9 Å². The normalized spacial score (nSPS) is 12.7. The third kappa shape index (κ3) is 4.98.